The first kappa shape index (κ1) is 22.9. The molecule has 0 N–H and O–H groups in total. The Balaban J connectivity index is 1.72. The maximum atomic E-state index is 14.0. The first-order valence-corrected chi connectivity index (χ1v) is 11.6. The largest absolute Gasteiger partial charge is 0.481 e. The Hall–Kier alpha value is -3.91. The van der Waals surface area contributed by atoms with E-state index in [-0.39, 0.29) is 11.5 Å². The van der Waals surface area contributed by atoms with Gasteiger partial charge in [0, 0.05) is 48.2 Å². The van der Waals surface area contributed by atoms with Crippen molar-refractivity contribution in [2.75, 3.05) is 12.0 Å². The topological polar surface area (TPSA) is 82.2 Å². The minimum absolute atomic E-state index is 0.105. The molecular formula is C26H24ClN5O3. The lowest BCUT2D eigenvalue weighted by Crippen LogP contribution is -2.32. The van der Waals surface area contributed by atoms with E-state index in [1.807, 2.05) is 29.7 Å². The molecule has 9 heteroatoms. The van der Waals surface area contributed by atoms with Gasteiger partial charge in [0.25, 0.3) is 11.5 Å². The Morgan fingerprint density at radius 3 is 2.46 bits per heavy atom. The molecular weight excluding hydrogens is 466 g/mol. The predicted octanol–water partition coefficient (Wildman–Crippen LogP) is 4.38. The fourth-order valence-electron chi connectivity index (χ4n) is 4.61. The molecule has 0 saturated heterocycles. The molecule has 1 atom stereocenters. The standard InChI is InChI=1S/C26H24ClN5O3/c1-5-31-23-21(29-24(31)17-8-11-20(35-4)28-13-17)22(16-6-9-18(27)10-7-16)32(26(23)34)19-12-15(2)25(33)30(3)14-19/h6-14,22H,5H2,1-4H3/t22-/m1/s1. The van der Waals surface area contributed by atoms with Crippen LogP contribution < -0.4 is 15.2 Å². The van der Waals surface area contributed by atoms with Gasteiger partial charge < -0.3 is 13.9 Å². The Kier molecular flexibility index (Phi) is 5.68. The second kappa shape index (κ2) is 8.70. The molecule has 0 fully saturated rings. The number of pyridine rings is 2. The van der Waals surface area contributed by atoms with Gasteiger partial charge in [-0.25, -0.2) is 9.97 Å². The van der Waals surface area contributed by atoms with Crippen LogP contribution in [0.3, 0.4) is 0 Å². The molecule has 0 unspecified atom stereocenters. The van der Waals surface area contributed by atoms with Crippen LogP contribution in [0.5, 0.6) is 5.88 Å². The zero-order chi connectivity index (χ0) is 24.9. The van der Waals surface area contributed by atoms with E-state index in [9.17, 15) is 9.59 Å². The number of imidazole rings is 1. The van der Waals surface area contributed by atoms with Gasteiger partial charge in [-0.2, -0.15) is 0 Å². The minimum Gasteiger partial charge on any atom is -0.481 e. The number of rotatable bonds is 5. The van der Waals surface area contributed by atoms with Crippen LogP contribution in [-0.4, -0.2) is 32.1 Å². The minimum atomic E-state index is -0.482. The van der Waals surface area contributed by atoms with Crippen molar-refractivity contribution in [2.45, 2.75) is 26.4 Å². The van der Waals surface area contributed by atoms with Crippen LogP contribution in [0, 0.1) is 6.92 Å². The summed E-state index contributed by atoms with van der Waals surface area (Å²) in [4.78, 5) is 37.3. The van der Waals surface area contributed by atoms with Crippen molar-refractivity contribution in [1.29, 1.82) is 0 Å². The number of methoxy groups -OCH3 is 1. The van der Waals surface area contributed by atoms with Gasteiger partial charge in [0.05, 0.1) is 18.5 Å². The van der Waals surface area contributed by atoms with Gasteiger partial charge in [0.1, 0.15) is 17.6 Å². The number of carbonyl (C=O) groups excluding carboxylic acids is 1. The maximum Gasteiger partial charge on any atom is 0.277 e. The van der Waals surface area contributed by atoms with Gasteiger partial charge in [-0.3, -0.25) is 14.5 Å². The Bertz CT molecular complexity index is 1460. The number of carbonyl (C=O) groups is 1. The Morgan fingerprint density at radius 1 is 1.11 bits per heavy atom. The zero-order valence-electron chi connectivity index (χ0n) is 19.8. The summed E-state index contributed by atoms with van der Waals surface area (Å²) in [7, 11) is 3.25. The van der Waals surface area contributed by atoms with Crippen LogP contribution in [-0.2, 0) is 13.6 Å². The molecule has 1 aliphatic heterocycles. The monoisotopic (exact) mass is 489 g/mol. The van der Waals surface area contributed by atoms with Crippen LogP contribution in [0.1, 0.15) is 40.3 Å². The van der Waals surface area contributed by atoms with E-state index in [0.717, 1.165) is 11.1 Å². The van der Waals surface area contributed by atoms with E-state index in [0.29, 0.717) is 45.9 Å². The third-order valence-electron chi connectivity index (χ3n) is 6.26. The molecule has 0 bridgehead atoms. The van der Waals surface area contributed by atoms with E-state index < -0.39 is 6.04 Å². The SMILES string of the molecule is CCn1c(-c2ccc(OC)nc2)nc2c1C(=O)N(c1cc(C)c(=O)n(C)c1)[C@@H]2c1ccc(Cl)cc1. The highest BCUT2D eigenvalue weighted by Crippen LogP contribution is 2.43. The third-order valence-corrected chi connectivity index (χ3v) is 6.52. The van der Waals surface area contributed by atoms with Crippen molar-refractivity contribution in [3.05, 3.63) is 92.7 Å². The van der Waals surface area contributed by atoms with Crippen molar-refractivity contribution >= 4 is 23.2 Å². The molecule has 4 heterocycles. The lowest BCUT2D eigenvalue weighted by molar-refractivity contribution is 0.0985. The average molecular weight is 490 g/mol. The molecule has 1 aliphatic rings. The summed E-state index contributed by atoms with van der Waals surface area (Å²) in [6.45, 7) is 4.27. The highest BCUT2D eigenvalue weighted by molar-refractivity contribution is 6.30. The second-order valence-corrected chi connectivity index (χ2v) is 8.87. The molecule has 0 radical (unpaired) electrons. The molecule has 178 valence electrons. The number of aryl methyl sites for hydroxylation is 2. The highest BCUT2D eigenvalue weighted by Gasteiger charge is 2.44. The molecule has 4 aromatic rings. The number of halogens is 1. The average Bonchev–Trinajstić information content (AvgIpc) is 3.37. The second-order valence-electron chi connectivity index (χ2n) is 8.43. The van der Waals surface area contributed by atoms with Crippen LogP contribution >= 0.6 is 11.6 Å². The molecule has 0 spiro atoms. The van der Waals surface area contributed by atoms with Crippen molar-refractivity contribution in [3.8, 4) is 17.3 Å². The molecule has 3 aromatic heterocycles. The number of anilines is 1. The number of fused-ring (bicyclic) bond motifs is 1. The molecule has 0 saturated carbocycles. The molecule has 5 rings (SSSR count). The Morgan fingerprint density at radius 2 is 1.86 bits per heavy atom. The van der Waals surface area contributed by atoms with E-state index >= 15 is 0 Å². The smallest absolute Gasteiger partial charge is 0.277 e. The fourth-order valence-corrected chi connectivity index (χ4v) is 4.73. The van der Waals surface area contributed by atoms with Crippen LogP contribution in [0.25, 0.3) is 11.4 Å². The number of nitrogens with zero attached hydrogens (tertiary/aromatic N) is 5. The molecule has 1 amide bonds. The normalized spacial score (nSPS) is 14.9. The number of aromatic nitrogens is 4. The summed E-state index contributed by atoms with van der Waals surface area (Å²) in [6, 6.07) is 12.3. The lowest BCUT2D eigenvalue weighted by Gasteiger charge is -2.26. The van der Waals surface area contributed by atoms with Crippen molar-refractivity contribution < 1.29 is 9.53 Å². The summed E-state index contributed by atoms with van der Waals surface area (Å²) >= 11 is 6.16. The van der Waals surface area contributed by atoms with Gasteiger partial charge >= 0.3 is 0 Å². The number of hydrogen-bond donors (Lipinski definition) is 0. The van der Waals surface area contributed by atoms with Crippen LogP contribution in [0.15, 0.2) is 59.7 Å². The fraction of sp³-hybridized carbons (Fsp3) is 0.231. The highest BCUT2D eigenvalue weighted by atomic mass is 35.5. The predicted molar refractivity (Wildman–Crippen MR) is 134 cm³/mol. The summed E-state index contributed by atoms with van der Waals surface area (Å²) in [5, 5.41) is 0.604. The lowest BCUT2D eigenvalue weighted by atomic mass is 10.0. The van der Waals surface area contributed by atoms with Crippen molar-refractivity contribution in [2.24, 2.45) is 7.05 Å². The summed E-state index contributed by atoms with van der Waals surface area (Å²) < 4.78 is 8.59. The van der Waals surface area contributed by atoms with E-state index in [4.69, 9.17) is 21.3 Å². The van der Waals surface area contributed by atoms with E-state index in [1.165, 1.54) is 4.57 Å². The summed E-state index contributed by atoms with van der Waals surface area (Å²) in [5.41, 5.74) is 3.90. The molecule has 35 heavy (non-hydrogen) atoms. The molecule has 8 nitrogen and oxygen atoms in total. The van der Waals surface area contributed by atoms with Crippen LogP contribution in [0.2, 0.25) is 5.02 Å². The number of benzene rings is 1. The van der Waals surface area contributed by atoms with Gasteiger partial charge in [0.2, 0.25) is 5.88 Å². The first-order chi connectivity index (χ1) is 16.8. The zero-order valence-corrected chi connectivity index (χ0v) is 20.6. The van der Waals surface area contributed by atoms with E-state index in [2.05, 4.69) is 4.98 Å². The first-order valence-electron chi connectivity index (χ1n) is 11.2. The summed E-state index contributed by atoms with van der Waals surface area (Å²) in [5.74, 6) is 0.985. The van der Waals surface area contributed by atoms with Gasteiger partial charge in [-0.05, 0) is 43.7 Å². The number of hydrogen-bond acceptors (Lipinski definition) is 5. The molecule has 1 aromatic carbocycles. The Labute approximate surface area is 207 Å². The van der Waals surface area contributed by atoms with Crippen molar-refractivity contribution in [3.63, 3.8) is 0 Å². The summed E-state index contributed by atoms with van der Waals surface area (Å²) in [6.07, 6.45) is 3.38. The van der Waals surface area contributed by atoms with E-state index in [1.54, 1.807) is 62.6 Å². The van der Waals surface area contributed by atoms with Gasteiger partial charge in [0.15, 0.2) is 0 Å². The van der Waals surface area contributed by atoms with Gasteiger partial charge in [-0.1, -0.05) is 23.7 Å². The molecule has 0 aliphatic carbocycles. The quantitative estimate of drug-likeness (QED) is 0.415. The van der Waals surface area contributed by atoms with Crippen LogP contribution in [0.4, 0.5) is 5.69 Å². The maximum absolute atomic E-state index is 14.0. The third kappa shape index (κ3) is 3.70. The van der Waals surface area contributed by atoms with Crippen molar-refractivity contribution in [1.82, 2.24) is 19.1 Å². The van der Waals surface area contributed by atoms with Gasteiger partial charge in [-0.15, -0.1) is 0 Å². The number of amides is 1. The number of ether oxygens (including phenoxy) is 1.